The van der Waals surface area contributed by atoms with Crippen LogP contribution in [0.2, 0.25) is 5.02 Å². The number of ether oxygens (including phenoxy) is 2. The van der Waals surface area contributed by atoms with Crippen molar-refractivity contribution in [2.45, 2.75) is 46.0 Å². The number of amides is 1. The molecule has 0 unspecified atom stereocenters. The zero-order valence-corrected chi connectivity index (χ0v) is 19.1. The third kappa shape index (κ3) is 4.61. The number of nitrogens with one attached hydrogen (secondary N) is 1. The third-order valence-corrected chi connectivity index (χ3v) is 5.70. The van der Waals surface area contributed by atoms with Gasteiger partial charge in [0.15, 0.2) is 0 Å². The lowest BCUT2D eigenvalue weighted by Gasteiger charge is -2.35. The first-order valence-corrected chi connectivity index (χ1v) is 10.9. The molecule has 3 heterocycles. The van der Waals surface area contributed by atoms with Gasteiger partial charge in [0.25, 0.3) is 11.5 Å². The lowest BCUT2D eigenvalue weighted by molar-refractivity contribution is -0.0586. The van der Waals surface area contributed by atoms with Crippen molar-refractivity contribution in [1.29, 1.82) is 0 Å². The molecule has 9 heteroatoms. The molecule has 1 fully saturated rings. The molecular formula is C23H25ClN4O4. The van der Waals surface area contributed by atoms with E-state index in [1.165, 1.54) is 6.20 Å². The summed E-state index contributed by atoms with van der Waals surface area (Å²) in [6.07, 6.45) is 1.03. The van der Waals surface area contributed by atoms with Crippen LogP contribution in [0.1, 0.15) is 48.6 Å². The van der Waals surface area contributed by atoms with Gasteiger partial charge in [-0.15, -0.1) is 0 Å². The molecule has 1 aromatic carbocycles. The van der Waals surface area contributed by atoms with E-state index < -0.39 is 6.10 Å². The predicted octanol–water partition coefficient (Wildman–Crippen LogP) is 3.67. The Morgan fingerprint density at radius 2 is 2.00 bits per heavy atom. The van der Waals surface area contributed by atoms with Gasteiger partial charge in [-0.2, -0.15) is 0 Å². The van der Waals surface area contributed by atoms with Gasteiger partial charge in [-0.05, 0) is 45.9 Å². The number of carbonyl (C=O) groups is 1. The van der Waals surface area contributed by atoms with Crippen molar-refractivity contribution in [3.8, 4) is 5.88 Å². The number of aromatic amines is 1. The predicted molar refractivity (Wildman–Crippen MR) is 121 cm³/mol. The van der Waals surface area contributed by atoms with Crippen molar-refractivity contribution in [1.82, 2.24) is 19.9 Å². The maximum Gasteiger partial charge on any atom is 0.258 e. The van der Waals surface area contributed by atoms with Gasteiger partial charge in [0, 0.05) is 35.9 Å². The van der Waals surface area contributed by atoms with Crippen LogP contribution in [0.25, 0.3) is 10.9 Å². The second kappa shape index (κ2) is 8.88. The molecule has 168 valence electrons. The van der Waals surface area contributed by atoms with Crippen molar-refractivity contribution >= 4 is 28.4 Å². The van der Waals surface area contributed by atoms with Crippen molar-refractivity contribution in [3.05, 3.63) is 62.8 Å². The largest absolute Gasteiger partial charge is 0.470 e. The first-order valence-electron chi connectivity index (χ1n) is 10.5. The lowest BCUT2D eigenvalue weighted by Crippen LogP contribution is -2.48. The third-order valence-electron chi connectivity index (χ3n) is 5.37. The number of fused-ring (bicyclic) bond motifs is 1. The van der Waals surface area contributed by atoms with Crippen LogP contribution < -0.4 is 10.3 Å². The number of nitrogens with zero attached hydrogens (tertiary/aromatic N) is 3. The van der Waals surface area contributed by atoms with E-state index in [2.05, 4.69) is 15.0 Å². The maximum absolute atomic E-state index is 12.8. The molecule has 1 amide bonds. The van der Waals surface area contributed by atoms with E-state index in [-0.39, 0.29) is 23.7 Å². The summed E-state index contributed by atoms with van der Waals surface area (Å²) in [5.41, 5.74) is 1.43. The Morgan fingerprint density at radius 3 is 2.66 bits per heavy atom. The highest BCUT2D eigenvalue weighted by Crippen LogP contribution is 2.29. The number of morpholine rings is 1. The van der Waals surface area contributed by atoms with Crippen LogP contribution in [-0.2, 0) is 4.74 Å². The minimum absolute atomic E-state index is 0.00262. The minimum atomic E-state index is -0.470. The summed E-state index contributed by atoms with van der Waals surface area (Å²) in [7, 11) is 0. The Bertz CT molecular complexity index is 1200. The van der Waals surface area contributed by atoms with Crippen molar-refractivity contribution in [2.75, 3.05) is 13.1 Å². The van der Waals surface area contributed by atoms with Gasteiger partial charge >= 0.3 is 0 Å². The maximum atomic E-state index is 12.8. The van der Waals surface area contributed by atoms with Crippen molar-refractivity contribution in [3.63, 3.8) is 0 Å². The first kappa shape index (κ1) is 22.2. The van der Waals surface area contributed by atoms with Crippen molar-refractivity contribution < 1.29 is 14.3 Å². The van der Waals surface area contributed by atoms with Crippen LogP contribution in [0.4, 0.5) is 0 Å². The average molecular weight is 457 g/mol. The topological polar surface area (TPSA) is 97.4 Å². The number of hydrogen-bond donors (Lipinski definition) is 1. The molecule has 2 aromatic heterocycles. The number of rotatable bonds is 4. The molecule has 0 saturated carbocycles. The van der Waals surface area contributed by atoms with E-state index in [0.29, 0.717) is 51.8 Å². The molecule has 3 atom stereocenters. The van der Waals surface area contributed by atoms with E-state index in [1.54, 1.807) is 36.1 Å². The highest BCUT2D eigenvalue weighted by Gasteiger charge is 2.27. The highest BCUT2D eigenvalue weighted by molar-refractivity contribution is 6.32. The SMILES string of the molecule is Cc1nc2cc(Cl)c([C@@H](C)Oc3ccc(C(=O)N4C[C@@H](C)O[C@@H](C)C4)cn3)cc2c(=O)[nH]1. The first-order chi connectivity index (χ1) is 15.2. The summed E-state index contributed by atoms with van der Waals surface area (Å²) in [6, 6.07) is 6.70. The standard InChI is InChI=1S/C23H25ClN4O4/c1-12-10-28(11-13(2)31-12)23(30)16-5-6-21(25-9-16)32-14(3)17-7-18-20(8-19(17)24)26-15(4)27-22(18)29/h5-9,12-14H,10-11H2,1-4H3,(H,26,27,29)/t12-,13+,14-/m1/s1. The summed E-state index contributed by atoms with van der Waals surface area (Å²) >= 11 is 6.43. The van der Waals surface area contributed by atoms with Crippen LogP contribution >= 0.6 is 11.6 Å². The van der Waals surface area contributed by atoms with Crippen LogP contribution in [0.15, 0.2) is 35.3 Å². The van der Waals surface area contributed by atoms with Crippen LogP contribution in [-0.4, -0.2) is 51.1 Å². The van der Waals surface area contributed by atoms with Gasteiger partial charge in [-0.1, -0.05) is 11.6 Å². The smallest absolute Gasteiger partial charge is 0.258 e. The number of aryl methyl sites for hydroxylation is 1. The molecule has 8 nitrogen and oxygen atoms in total. The molecule has 0 spiro atoms. The Hall–Kier alpha value is -2.97. The number of pyridine rings is 1. The number of carbonyl (C=O) groups excluding carboxylic acids is 1. The molecular weight excluding hydrogens is 432 g/mol. The van der Waals surface area contributed by atoms with Crippen LogP contribution in [0.5, 0.6) is 5.88 Å². The molecule has 4 rings (SSSR count). The monoisotopic (exact) mass is 456 g/mol. The van der Waals surface area contributed by atoms with Crippen LogP contribution in [0.3, 0.4) is 0 Å². The quantitative estimate of drug-likeness (QED) is 0.643. The second-order valence-electron chi connectivity index (χ2n) is 8.15. The Kier molecular flexibility index (Phi) is 6.17. The van der Waals surface area contributed by atoms with Gasteiger partial charge in [-0.3, -0.25) is 9.59 Å². The molecule has 0 radical (unpaired) electrons. The normalized spacial score (nSPS) is 19.7. The summed E-state index contributed by atoms with van der Waals surface area (Å²) in [5.74, 6) is 0.791. The molecule has 1 N–H and O–H groups in total. The molecule has 3 aromatic rings. The van der Waals surface area contributed by atoms with Crippen LogP contribution in [0, 0.1) is 6.92 Å². The van der Waals surface area contributed by atoms with Gasteiger partial charge in [0.2, 0.25) is 5.88 Å². The molecule has 1 saturated heterocycles. The number of H-pyrrole nitrogens is 1. The summed E-state index contributed by atoms with van der Waals surface area (Å²) in [6.45, 7) is 8.54. The highest BCUT2D eigenvalue weighted by atomic mass is 35.5. The Balaban J connectivity index is 1.50. The van der Waals surface area contributed by atoms with Gasteiger partial charge in [0.1, 0.15) is 11.9 Å². The van der Waals surface area contributed by atoms with Gasteiger partial charge < -0.3 is 19.4 Å². The van der Waals surface area contributed by atoms with Gasteiger partial charge in [0.05, 0.1) is 28.7 Å². The molecule has 32 heavy (non-hydrogen) atoms. The average Bonchev–Trinajstić information content (AvgIpc) is 2.72. The Labute approximate surface area is 190 Å². The number of aromatic nitrogens is 3. The lowest BCUT2D eigenvalue weighted by atomic mass is 10.1. The van der Waals surface area contributed by atoms with E-state index in [4.69, 9.17) is 21.1 Å². The summed E-state index contributed by atoms with van der Waals surface area (Å²) in [5, 5.41) is 0.887. The summed E-state index contributed by atoms with van der Waals surface area (Å²) in [4.78, 5) is 38.2. The van der Waals surface area contributed by atoms with Gasteiger partial charge in [-0.25, -0.2) is 9.97 Å². The zero-order valence-electron chi connectivity index (χ0n) is 18.4. The molecule has 0 aliphatic carbocycles. The number of halogens is 1. The second-order valence-corrected chi connectivity index (χ2v) is 8.56. The molecule has 0 bridgehead atoms. The van der Waals surface area contributed by atoms with E-state index in [1.807, 2.05) is 20.8 Å². The van der Waals surface area contributed by atoms with Crippen molar-refractivity contribution in [2.24, 2.45) is 0 Å². The minimum Gasteiger partial charge on any atom is -0.470 e. The van der Waals surface area contributed by atoms with E-state index in [9.17, 15) is 9.59 Å². The number of hydrogen-bond acceptors (Lipinski definition) is 6. The van der Waals surface area contributed by atoms with E-state index >= 15 is 0 Å². The Morgan fingerprint density at radius 1 is 1.28 bits per heavy atom. The van der Waals surface area contributed by atoms with E-state index in [0.717, 1.165) is 0 Å². The fraction of sp³-hybridized carbons (Fsp3) is 0.391. The molecule has 1 aliphatic rings. The molecule has 1 aliphatic heterocycles. The zero-order chi connectivity index (χ0) is 23.0. The fourth-order valence-corrected chi connectivity index (χ4v) is 4.26. The summed E-state index contributed by atoms with van der Waals surface area (Å²) < 4.78 is 11.6. The number of benzene rings is 1. The fourth-order valence-electron chi connectivity index (χ4n) is 3.95.